The number of carbonyl (C=O) groups is 3. The summed E-state index contributed by atoms with van der Waals surface area (Å²) in [6.45, 7) is 4.20. The predicted molar refractivity (Wildman–Crippen MR) is 133 cm³/mol. The Kier molecular flexibility index (Phi) is 7.02. The van der Waals surface area contributed by atoms with Gasteiger partial charge in [-0.05, 0) is 44.4 Å². The van der Waals surface area contributed by atoms with Gasteiger partial charge < -0.3 is 5.32 Å². The molecule has 3 aromatic rings. The standard InChI is InChI=1S/C25H24N4O5S/c1-15-10-11-16(2)18(13-15)19-14-35-25(26-19)27-21(30)9-4-3-5-12-28-23(31)17-7-6-8-20(29(33)34)22(17)24(28)32/h6-8,10-11,13-14H,3-5,9,12H2,1-2H3,(H,26,27,30). The molecule has 35 heavy (non-hydrogen) atoms. The topological polar surface area (TPSA) is 123 Å². The number of hydrogen-bond donors (Lipinski definition) is 1. The lowest BCUT2D eigenvalue weighted by Crippen LogP contribution is -2.30. The number of nitrogens with zero attached hydrogens (tertiary/aromatic N) is 3. The fourth-order valence-corrected chi connectivity index (χ4v) is 4.78. The lowest BCUT2D eigenvalue weighted by atomic mass is 10.0. The smallest absolute Gasteiger partial charge is 0.282 e. The zero-order valence-electron chi connectivity index (χ0n) is 19.4. The molecule has 3 amide bonds. The van der Waals surface area contributed by atoms with E-state index in [9.17, 15) is 24.5 Å². The van der Waals surface area contributed by atoms with Crippen molar-refractivity contribution in [1.82, 2.24) is 9.88 Å². The van der Waals surface area contributed by atoms with Gasteiger partial charge in [0.2, 0.25) is 5.91 Å². The summed E-state index contributed by atoms with van der Waals surface area (Å²) in [6, 6.07) is 10.2. The molecule has 1 N–H and O–H groups in total. The van der Waals surface area contributed by atoms with Crippen LogP contribution >= 0.6 is 11.3 Å². The number of unbranched alkanes of at least 4 members (excludes halogenated alkanes) is 2. The van der Waals surface area contributed by atoms with Gasteiger partial charge >= 0.3 is 0 Å². The first-order valence-corrected chi connectivity index (χ1v) is 12.1. The molecule has 0 bridgehead atoms. The highest BCUT2D eigenvalue weighted by Gasteiger charge is 2.40. The molecule has 0 fully saturated rings. The van der Waals surface area contributed by atoms with Crippen molar-refractivity contribution in [3.63, 3.8) is 0 Å². The van der Waals surface area contributed by atoms with Gasteiger partial charge in [0, 0.05) is 30.0 Å². The van der Waals surface area contributed by atoms with Crippen LogP contribution in [0.15, 0.2) is 41.8 Å². The van der Waals surface area contributed by atoms with Crippen LogP contribution in [-0.4, -0.2) is 39.1 Å². The van der Waals surface area contributed by atoms with Crippen molar-refractivity contribution in [1.29, 1.82) is 0 Å². The minimum atomic E-state index is -0.653. The van der Waals surface area contributed by atoms with Gasteiger partial charge in [-0.3, -0.25) is 29.4 Å². The molecule has 0 unspecified atom stereocenters. The second-order valence-electron chi connectivity index (χ2n) is 8.43. The Morgan fingerprint density at radius 2 is 1.89 bits per heavy atom. The third-order valence-corrected chi connectivity index (χ3v) is 6.64. The quantitative estimate of drug-likeness (QED) is 0.191. The Balaban J connectivity index is 1.24. The number of anilines is 1. The normalized spacial score (nSPS) is 12.7. The average molecular weight is 493 g/mol. The van der Waals surface area contributed by atoms with Crippen molar-refractivity contribution in [2.75, 3.05) is 11.9 Å². The van der Waals surface area contributed by atoms with E-state index >= 15 is 0 Å². The summed E-state index contributed by atoms with van der Waals surface area (Å²) in [7, 11) is 0. The zero-order chi connectivity index (χ0) is 25.1. The van der Waals surface area contributed by atoms with Crippen LogP contribution in [0.25, 0.3) is 11.3 Å². The average Bonchev–Trinajstić information content (AvgIpc) is 3.38. The molecule has 180 valence electrons. The molecule has 0 aliphatic carbocycles. The second-order valence-corrected chi connectivity index (χ2v) is 9.29. The number of nitrogens with one attached hydrogen (secondary N) is 1. The maximum Gasteiger partial charge on any atom is 0.282 e. The number of rotatable bonds is 9. The van der Waals surface area contributed by atoms with Gasteiger partial charge in [0.1, 0.15) is 5.56 Å². The van der Waals surface area contributed by atoms with Crippen molar-refractivity contribution in [2.45, 2.75) is 39.5 Å². The van der Waals surface area contributed by atoms with Gasteiger partial charge in [-0.15, -0.1) is 11.3 Å². The molecule has 0 spiro atoms. The molecular weight excluding hydrogens is 468 g/mol. The van der Waals surface area contributed by atoms with Gasteiger partial charge in [0.25, 0.3) is 17.5 Å². The number of nitro groups is 1. The van der Waals surface area contributed by atoms with E-state index in [1.165, 1.54) is 29.5 Å². The fourth-order valence-electron chi connectivity index (χ4n) is 4.05. The largest absolute Gasteiger partial charge is 0.302 e. The maximum atomic E-state index is 12.6. The molecule has 0 saturated carbocycles. The van der Waals surface area contributed by atoms with Crippen LogP contribution in [0.2, 0.25) is 0 Å². The number of carbonyl (C=O) groups excluding carboxylic acids is 3. The number of nitro benzene ring substituents is 1. The van der Waals surface area contributed by atoms with E-state index in [2.05, 4.69) is 16.4 Å². The highest BCUT2D eigenvalue weighted by molar-refractivity contribution is 7.14. The minimum Gasteiger partial charge on any atom is -0.302 e. The summed E-state index contributed by atoms with van der Waals surface area (Å²) in [6.07, 6.45) is 1.98. The van der Waals surface area contributed by atoms with E-state index in [1.54, 1.807) is 0 Å². The lowest BCUT2D eigenvalue weighted by Gasteiger charge is -2.13. The van der Waals surface area contributed by atoms with Crippen molar-refractivity contribution in [2.24, 2.45) is 0 Å². The van der Waals surface area contributed by atoms with Crippen LogP contribution in [0.5, 0.6) is 0 Å². The van der Waals surface area contributed by atoms with Gasteiger partial charge in [0.15, 0.2) is 5.13 Å². The van der Waals surface area contributed by atoms with Crippen molar-refractivity contribution in [3.8, 4) is 11.3 Å². The highest BCUT2D eigenvalue weighted by Crippen LogP contribution is 2.31. The van der Waals surface area contributed by atoms with Gasteiger partial charge in [0.05, 0.1) is 16.2 Å². The molecule has 0 radical (unpaired) electrons. The van der Waals surface area contributed by atoms with Crippen molar-refractivity contribution in [3.05, 3.63) is 74.1 Å². The van der Waals surface area contributed by atoms with E-state index in [4.69, 9.17) is 0 Å². The molecular formula is C25H24N4O5S. The monoisotopic (exact) mass is 492 g/mol. The number of aryl methyl sites for hydroxylation is 2. The van der Waals surface area contributed by atoms with Crippen LogP contribution < -0.4 is 5.32 Å². The highest BCUT2D eigenvalue weighted by atomic mass is 32.1. The third kappa shape index (κ3) is 5.12. The Morgan fingerprint density at radius 1 is 1.09 bits per heavy atom. The van der Waals surface area contributed by atoms with E-state index in [1.807, 2.05) is 31.4 Å². The first-order chi connectivity index (χ1) is 16.8. The molecule has 1 aliphatic rings. The number of hydrogen-bond acceptors (Lipinski definition) is 7. The fraction of sp³-hybridized carbons (Fsp3) is 0.280. The zero-order valence-corrected chi connectivity index (χ0v) is 20.2. The molecule has 9 nitrogen and oxygen atoms in total. The Bertz CT molecular complexity index is 1330. The third-order valence-electron chi connectivity index (χ3n) is 5.88. The van der Waals surface area contributed by atoms with Crippen LogP contribution in [0, 0.1) is 24.0 Å². The van der Waals surface area contributed by atoms with Crippen LogP contribution in [0.1, 0.15) is 57.5 Å². The van der Waals surface area contributed by atoms with Crippen molar-refractivity contribution >= 4 is 39.9 Å². The molecule has 0 atom stereocenters. The van der Waals surface area contributed by atoms with Crippen LogP contribution in [0.4, 0.5) is 10.8 Å². The van der Waals surface area contributed by atoms with Gasteiger partial charge in [-0.1, -0.05) is 30.2 Å². The molecule has 4 rings (SSSR count). The Morgan fingerprint density at radius 3 is 2.66 bits per heavy atom. The summed E-state index contributed by atoms with van der Waals surface area (Å²) >= 11 is 1.37. The number of fused-ring (bicyclic) bond motifs is 1. The summed E-state index contributed by atoms with van der Waals surface area (Å²) in [5.74, 6) is -1.31. The molecule has 2 aromatic carbocycles. The molecule has 0 saturated heterocycles. The van der Waals surface area contributed by atoms with Crippen LogP contribution in [-0.2, 0) is 4.79 Å². The predicted octanol–water partition coefficient (Wildman–Crippen LogP) is 5.13. The first-order valence-electron chi connectivity index (χ1n) is 11.2. The van der Waals surface area contributed by atoms with E-state index in [0.717, 1.165) is 27.3 Å². The second kappa shape index (κ2) is 10.1. The molecule has 1 aliphatic heterocycles. The number of benzene rings is 2. The number of amides is 3. The number of thiazole rings is 1. The number of aromatic nitrogens is 1. The molecule has 1 aromatic heterocycles. The lowest BCUT2D eigenvalue weighted by molar-refractivity contribution is -0.385. The summed E-state index contributed by atoms with van der Waals surface area (Å²) in [4.78, 5) is 53.5. The van der Waals surface area contributed by atoms with E-state index in [0.29, 0.717) is 24.4 Å². The summed E-state index contributed by atoms with van der Waals surface area (Å²) in [5.41, 5.74) is 3.68. The van der Waals surface area contributed by atoms with Crippen LogP contribution in [0.3, 0.4) is 0 Å². The van der Waals surface area contributed by atoms with E-state index < -0.39 is 16.7 Å². The van der Waals surface area contributed by atoms with Gasteiger partial charge in [-0.25, -0.2) is 4.98 Å². The number of imide groups is 1. The Hall–Kier alpha value is -3.92. The van der Waals surface area contributed by atoms with Gasteiger partial charge in [-0.2, -0.15) is 0 Å². The minimum absolute atomic E-state index is 0.0623. The van der Waals surface area contributed by atoms with E-state index in [-0.39, 0.29) is 35.7 Å². The molecule has 10 heteroatoms. The SMILES string of the molecule is Cc1ccc(C)c(-c2csc(NC(=O)CCCCCN3C(=O)c4cccc([N+](=O)[O-])c4C3=O)n2)c1. The summed E-state index contributed by atoms with van der Waals surface area (Å²) < 4.78 is 0. The maximum absolute atomic E-state index is 12.6. The van der Waals surface area contributed by atoms with Crippen molar-refractivity contribution < 1.29 is 19.3 Å². The molecule has 2 heterocycles. The summed E-state index contributed by atoms with van der Waals surface area (Å²) in [5, 5.41) is 16.5. The first kappa shape index (κ1) is 24.2. The Labute approximate surface area is 205 Å².